The summed E-state index contributed by atoms with van der Waals surface area (Å²) in [6.07, 6.45) is 4.64. The first-order valence-corrected chi connectivity index (χ1v) is 10.8. The molecule has 2 heterocycles. The lowest BCUT2D eigenvalue weighted by Crippen LogP contribution is -2.22. The Labute approximate surface area is 211 Å². The number of halogens is 2. The Morgan fingerprint density at radius 2 is 1.97 bits per heavy atom. The minimum absolute atomic E-state index is 0.0449. The average Bonchev–Trinajstić information content (AvgIpc) is 3.19. The molecule has 0 saturated heterocycles. The predicted molar refractivity (Wildman–Crippen MR) is 130 cm³/mol. The third kappa shape index (κ3) is 6.37. The molecule has 0 radical (unpaired) electrons. The summed E-state index contributed by atoms with van der Waals surface area (Å²) in [4.78, 5) is 27.4. The summed E-state index contributed by atoms with van der Waals surface area (Å²) < 4.78 is 41.1. The summed E-state index contributed by atoms with van der Waals surface area (Å²) in [6.45, 7) is 7.15. The molecule has 0 aliphatic rings. The number of allylic oxidation sites excluding steroid dienone is 1. The summed E-state index contributed by atoms with van der Waals surface area (Å²) in [7, 11) is 1.57. The molecule has 0 aliphatic carbocycles. The van der Waals surface area contributed by atoms with Crippen LogP contribution in [0.5, 0.6) is 11.6 Å². The van der Waals surface area contributed by atoms with Crippen LogP contribution in [-0.2, 0) is 11.8 Å². The first-order chi connectivity index (χ1) is 17.6. The molecule has 3 rings (SSSR count). The topological polar surface area (TPSA) is 116 Å². The zero-order chi connectivity index (χ0) is 27.1. The number of nitrogens with one attached hydrogen (secondary N) is 1. The maximum atomic E-state index is 14.6. The molecule has 1 atom stereocenters. The number of aromatic carboxylic acids is 1. The number of amides is 1. The van der Waals surface area contributed by atoms with Crippen LogP contribution in [-0.4, -0.2) is 38.0 Å². The predicted octanol–water partition coefficient (Wildman–Crippen LogP) is 5.05. The van der Waals surface area contributed by atoms with Crippen LogP contribution < -0.4 is 10.1 Å². The van der Waals surface area contributed by atoms with Crippen LogP contribution in [0.15, 0.2) is 61.0 Å². The molecule has 0 spiro atoms. The Kier molecular flexibility index (Phi) is 8.37. The van der Waals surface area contributed by atoms with Crippen LogP contribution in [0.3, 0.4) is 0 Å². The van der Waals surface area contributed by atoms with E-state index in [4.69, 9.17) is 9.47 Å². The number of ether oxygens (including phenoxy) is 2. The molecule has 1 amide bonds. The van der Waals surface area contributed by atoms with E-state index in [0.717, 1.165) is 17.7 Å². The SMILES string of the molecule is C=C/C(=C\C)[C@@H](C)OC(=O)Nc1c(C#Cc2cc(F)c(Oc3ncccc3C(=O)O)c(F)c2)cnn1C. The van der Waals surface area contributed by atoms with Crippen molar-refractivity contribution in [1.82, 2.24) is 14.8 Å². The van der Waals surface area contributed by atoms with Crippen molar-refractivity contribution in [3.05, 3.63) is 89.3 Å². The Morgan fingerprint density at radius 1 is 1.27 bits per heavy atom. The number of hydrogen-bond donors (Lipinski definition) is 2. The molecule has 3 aromatic rings. The summed E-state index contributed by atoms with van der Waals surface area (Å²) in [5, 5.41) is 15.8. The summed E-state index contributed by atoms with van der Waals surface area (Å²) >= 11 is 0. The normalized spacial score (nSPS) is 11.6. The summed E-state index contributed by atoms with van der Waals surface area (Å²) in [5.41, 5.74) is 0.583. The van der Waals surface area contributed by atoms with E-state index in [0.29, 0.717) is 0 Å². The fourth-order valence-electron chi connectivity index (χ4n) is 3.15. The quantitative estimate of drug-likeness (QED) is 0.339. The number of carbonyl (C=O) groups is 2. The number of aryl methyl sites for hydroxylation is 1. The summed E-state index contributed by atoms with van der Waals surface area (Å²) in [6, 6.07) is 4.38. The van der Waals surface area contributed by atoms with Gasteiger partial charge in [-0.1, -0.05) is 30.6 Å². The van der Waals surface area contributed by atoms with Crippen molar-refractivity contribution in [2.75, 3.05) is 5.32 Å². The zero-order valence-corrected chi connectivity index (χ0v) is 20.1. The van der Waals surface area contributed by atoms with Gasteiger partial charge in [0.05, 0.1) is 11.8 Å². The number of carboxylic acids is 1. The van der Waals surface area contributed by atoms with Crippen LogP contribution in [0.4, 0.5) is 19.4 Å². The highest BCUT2D eigenvalue weighted by Crippen LogP contribution is 2.29. The molecule has 9 nitrogen and oxygen atoms in total. The van der Waals surface area contributed by atoms with Gasteiger partial charge in [0, 0.05) is 18.8 Å². The van der Waals surface area contributed by atoms with E-state index in [2.05, 4.69) is 33.8 Å². The van der Waals surface area contributed by atoms with Gasteiger partial charge in [0.2, 0.25) is 11.6 Å². The number of carboxylic acid groups (broad SMARTS) is 1. The van der Waals surface area contributed by atoms with E-state index >= 15 is 0 Å². The lowest BCUT2D eigenvalue weighted by molar-refractivity contribution is 0.0693. The number of benzene rings is 1. The largest absolute Gasteiger partial charge is 0.477 e. The first kappa shape index (κ1) is 26.6. The molecule has 0 unspecified atom stereocenters. The fourth-order valence-corrected chi connectivity index (χ4v) is 3.15. The van der Waals surface area contributed by atoms with Crippen LogP contribution in [0.2, 0.25) is 0 Å². The zero-order valence-electron chi connectivity index (χ0n) is 20.1. The molecule has 0 bridgehead atoms. The smallest absolute Gasteiger partial charge is 0.413 e. The Morgan fingerprint density at radius 3 is 2.59 bits per heavy atom. The van der Waals surface area contributed by atoms with Gasteiger partial charge in [-0.3, -0.25) is 10.00 Å². The van der Waals surface area contributed by atoms with Crippen molar-refractivity contribution in [2.24, 2.45) is 7.05 Å². The maximum Gasteiger partial charge on any atom is 0.413 e. The van der Waals surface area contributed by atoms with Crippen molar-refractivity contribution in [2.45, 2.75) is 20.0 Å². The highest BCUT2D eigenvalue weighted by molar-refractivity contribution is 5.90. The second-order valence-corrected chi connectivity index (χ2v) is 7.48. The number of aromatic nitrogens is 3. The molecular weight excluding hydrogens is 486 g/mol. The van der Waals surface area contributed by atoms with Gasteiger partial charge in [0.1, 0.15) is 17.5 Å². The van der Waals surface area contributed by atoms with Gasteiger partial charge in [-0.15, -0.1) is 0 Å². The molecule has 37 heavy (non-hydrogen) atoms. The monoisotopic (exact) mass is 508 g/mol. The van der Waals surface area contributed by atoms with Gasteiger partial charge >= 0.3 is 12.1 Å². The van der Waals surface area contributed by atoms with E-state index in [-0.39, 0.29) is 22.5 Å². The standard InChI is InChI=1S/C26H22F2N4O5/c1-5-17(6-2)15(3)36-26(35)31-23-18(14-30-32(23)4)10-9-16-12-20(27)22(21(28)13-16)37-24-19(25(33)34)8-7-11-29-24/h5-8,11-15H,1H2,2-4H3,(H,31,35)(H,33,34)/b17-6+/t15-/m1/s1. The highest BCUT2D eigenvalue weighted by atomic mass is 19.1. The van der Waals surface area contributed by atoms with E-state index in [1.165, 1.54) is 29.2 Å². The molecule has 1 aromatic carbocycles. The number of anilines is 1. The number of carbonyl (C=O) groups excluding carboxylic acids is 1. The highest BCUT2D eigenvalue weighted by Gasteiger charge is 2.19. The number of rotatable bonds is 7. The third-order valence-electron chi connectivity index (χ3n) is 5.02. The molecule has 190 valence electrons. The van der Waals surface area contributed by atoms with Gasteiger partial charge < -0.3 is 14.6 Å². The van der Waals surface area contributed by atoms with Gasteiger partial charge in [-0.2, -0.15) is 5.10 Å². The van der Waals surface area contributed by atoms with Crippen LogP contribution in [0.1, 0.15) is 35.3 Å². The number of nitrogens with zero attached hydrogens (tertiary/aromatic N) is 3. The van der Waals surface area contributed by atoms with Crippen LogP contribution in [0, 0.1) is 23.5 Å². The van der Waals surface area contributed by atoms with Gasteiger partial charge in [0.15, 0.2) is 11.6 Å². The molecule has 2 N–H and O–H groups in total. The van der Waals surface area contributed by atoms with E-state index in [1.807, 2.05) is 0 Å². The van der Waals surface area contributed by atoms with Gasteiger partial charge in [-0.25, -0.2) is 23.4 Å². The van der Waals surface area contributed by atoms with E-state index in [9.17, 15) is 23.5 Å². The summed E-state index contributed by atoms with van der Waals surface area (Å²) in [5.74, 6) is 0.633. The van der Waals surface area contributed by atoms with Crippen molar-refractivity contribution < 1.29 is 33.0 Å². The second kappa shape index (κ2) is 11.6. The number of hydrogen-bond acceptors (Lipinski definition) is 6. The van der Waals surface area contributed by atoms with Gasteiger partial charge in [0.25, 0.3) is 0 Å². The maximum absolute atomic E-state index is 14.6. The average molecular weight is 508 g/mol. The Hall–Kier alpha value is -4.98. The van der Waals surface area contributed by atoms with E-state index < -0.39 is 41.4 Å². The second-order valence-electron chi connectivity index (χ2n) is 7.48. The van der Waals surface area contributed by atoms with Crippen molar-refractivity contribution >= 4 is 17.9 Å². The molecular formula is C26H22F2N4O5. The lowest BCUT2D eigenvalue weighted by atomic mass is 10.1. The van der Waals surface area contributed by atoms with Crippen LogP contribution in [0.25, 0.3) is 0 Å². The van der Waals surface area contributed by atoms with Gasteiger partial charge in [-0.05, 0) is 43.7 Å². The Bertz CT molecular complexity index is 1430. The van der Waals surface area contributed by atoms with Crippen molar-refractivity contribution in [3.63, 3.8) is 0 Å². The first-order valence-electron chi connectivity index (χ1n) is 10.8. The fraction of sp³-hybridized carbons (Fsp3) is 0.154. The number of pyridine rings is 1. The van der Waals surface area contributed by atoms with Crippen molar-refractivity contribution in [3.8, 4) is 23.5 Å². The van der Waals surface area contributed by atoms with Crippen molar-refractivity contribution in [1.29, 1.82) is 0 Å². The minimum atomic E-state index is -1.37. The molecule has 11 heteroatoms. The molecule has 0 saturated carbocycles. The Balaban J connectivity index is 1.82. The van der Waals surface area contributed by atoms with Crippen LogP contribution >= 0.6 is 0 Å². The third-order valence-corrected chi connectivity index (χ3v) is 5.02. The molecule has 0 fully saturated rings. The van der Waals surface area contributed by atoms with E-state index in [1.54, 1.807) is 33.0 Å². The lowest BCUT2D eigenvalue weighted by Gasteiger charge is -2.15. The minimum Gasteiger partial charge on any atom is -0.477 e. The molecule has 2 aromatic heterocycles. The molecule has 0 aliphatic heterocycles.